The fraction of sp³-hybridized carbons (Fsp3) is 0.200. The molecule has 0 saturated heterocycles. The number of rotatable bonds is 2. The highest BCUT2D eigenvalue weighted by Gasteiger charge is 1.99. The Labute approximate surface area is 60.5 Å². The van der Waals surface area contributed by atoms with Gasteiger partial charge in [-0.05, 0) is 6.92 Å². The summed E-state index contributed by atoms with van der Waals surface area (Å²) >= 11 is 11.1. The van der Waals surface area contributed by atoms with Crippen molar-refractivity contribution < 1.29 is 0 Å². The first kappa shape index (κ1) is 8.49. The minimum atomic E-state index is -0.977. The van der Waals surface area contributed by atoms with Gasteiger partial charge in [0.25, 0.3) is 0 Å². The van der Waals surface area contributed by atoms with Crippen molar-refractivity contribution in [1.29, 1.82) is 0 Å². The number of hydrogen-bond acceptors (Lipinski definition) is 0. The van der Waals surface area contributed by atoms with E-state index >= 15 is 0 Å². The second-order valence-corrected chi connectivity index (χ2v) is 4.68. The predicted octanol–water partition coefficient (Wildman–Crippen LogP) is 3.87. The molecule has 0 aromatic rings. The molecule has 0 amide bonds. The third-order valence-corrected chi connectivity index (χ3v) is 2.70. The van der Waals surface area contributed by atoms with Crippen molar-refractivity contribution >= 4 is 29.1 Å². The lowest BCUT2D eigenvalue weighted by Gasteiger charge is -1.96. The minimum absolute atomic E-state index is 0.920. The van der Waals surface area contributed by atoms with Crippen LogP contribution in [0.25, 0.3) is 0 Å². The molecule has 0 N–H and O–H groups in total. The monoisotopic (exact) mass is 168 g/mol. The quantitative estimate of drug-likeness (QED) is 0.434. The summed E-state index contributed by atoms with van der Waals surface area (Å²) in [4.78, 5) is 0. The van der Waals surface area contributed by atoms with Gasteiger partial charge in [-0.1, -0.05) is 41.2 Å². The van der Waals surface area contributed by atoms with Crippen molar-refractivity contribution in [2.24, 2.45) is 0 Å². The topological polar surface area (TPSA) is 0 Å². The first-order valence-electron chi connectivity index (χ1n) is 2.12. The fourth-order valence-corrected chi connectivity index (χ4v) is 1.62. The van der Waals surface area contributed by atoms with Crippen LogP contribution >= 0.6 is 29.1 Å². The molecular weight excluding hydrogens is 162 g/mol. The van der Waals surface area contributed by atoms with Gasteiger partial charge in [0.2, 0.25) is 0 Å². The molecule has 0 fully saturated rings. The van der Waals surface area contributed by atoms with E-state index < -0.39 is 6.63 Å². The predicted molar refractivity (Wildman–Crippen MR) is 42.6 cm³/mol. The van der Waals surface area contributed by atoms with Gasteiger partial charge in [0, 0.05) is 5.31 Å². The van der Waals surface area contributed by atoms with Crippen molar-refractivity contribution in [3.8, 4) is 0 Å². The zero-order chi connectivity index (χ0) is 6.57. The van der Waals surface area contributed by atoms with Gasteiger partial charge in [-0.2, -0.15) is 0 Å². The van der Waals surface area contributed by atoms with Crippen LogP contribution in [-0.4, -0.2) is 0 Å². The van der Waals surface area contributed by atoms with Crippen molar-refractivity contribution in [3.63, 3.8) is 0 Å². The summed E-state index contributed by atoms with van der Waals surface area (Å²) in [5.74, 6) is 0. The Morgan fingerprint density at radius 2 is 2.12 bits per heavy atom. The van der Waals surface area contributed by atoms with E-state index in [1.54, 1.807) is 6.08 Å². The van der Waals surface area contributed by atoms with Crippen LogP contribution in [0.5, 0.6) is 0 Å². The van der Waals surface area contributed by atoms with E-state index in [9.17, 15) is 0 Å². The maximum Gasteiger partial charge on any atom is 0.116 e. The van der Waals surface area contributed by atoms with Gasteiger partial charge in [0.15, 0.2) is 0 Å². The molecule has 0 spiro atoms. The molecule has 0 radical (unpaired) electrons. The molecule has 0 unspecified atom stereocenters. The maximum absolute atomic E-state index is 5.53. The number of halogens is 2. The second-order valence-electron chi connectivity index (χ2n) is 1.15. The Morgan fingerprint density at radius 3 is 2.12 bits per heavy atom. The highest BCUT2D eigenvalue weighted by molar-refractivity contribution is 8.06. The Kier molecular flexibility index (Phi) is 4.64. The summed E-state index contributed by atoms with van der Waals surface area (Å²) in [6, 6.07) is 0. The van der Waals surface area contributed by atoms with Gasteiger partial charge in [0.1, 0.15) is 6.63 Å². The molecule has 0 saturated carbocycles. The number of hydrogen-bond donors (Lipinski definition) is 0. The van der Waals surface area contributed by atoms with Crippen LogP contribution in [0.1, 0.15) is 6.92 Å². The first-order chi connectivity index (χ1) is 3.72. The maximum atomic E-state index is 5.53. The van der Waals surface area contributed by atoms with Gasteiger partial charge in [0.05, 0.1) is 0 Å². The van der Waals surface area contributed by atoms with Crippen LogP contribution in [0.4, 0.5) is 0 Å². The van der Waals surface area contributed by atoms with Gasteiger partial charge in [-0.3, -0.25) is 0 Å². The smallest absolute Gasteiger partial charge is 0.0984 e. The summed E-state index contributed by atoms with van der Waals surface area (Å²) in [6.07, 6.45) is 3.53. The van der Waals surface area contributed by atoms with E-state index in [4.69, 9.17) is 22.5 Å². The van der Waals surface area contributed by atoms with Gasteiger partial charge >= 0.3 is 0 Å². The molecular formula is C5H7Cl2P. The highest BCUT2D eigenvalue weighted by Crippen LogP contribution is 2.54. The molecule has 0 aromatic heterocycles. The molecule has 0 aliphatic heterocycles. The number of allylic oxidation sites excluding steroid dienone is 3. The zero-order valence-corrected chi connectivity index (χ0v) is 6.97. The minimum Gasteiger partial charge on any atom is -0.0984 e. The lowest BCUT2D eigenvalue weighted by molar-refractivity contribution is 1.71. The molecule has 46 valence electrons. The molecule has 0 aliphatic rings. The van der Waals surface area contributed by atoms with E-state index in [0.29, 0.717) is 0 Å². The normalized spacial score (nSPS) is 12.2. The third-order valence-electron chi connectivity index (χ3n) is 0.700. The van der Waals surface area contributed by atoms with Crippen LogP contribution < -0.4 is 0 Å². The van der Waals surface area contributed by atoms with E-state index in [1.807, 2.05) is 13.0 Å². The molecule has 0 aliphatic carbocycles. The molecule has 0 aromatic carbocycles. The van der Waals surface area contributed by atoms with Gasteiger partial charge in [-0.25, -0.2) is 0 Å². The van der Waals surface area contributed by atoms with Gasteiger partial charge < -0.3 is 0 Å². The van der Waals surface area contributed by atoms with Crippen LogP contribution in [0.15, 0.2) is 24.0 Å². The Hall–Kier alpha value is 0.490. The summed E-state index contributed by atoms with van der Waals surface area (Å²) in [5.41, 5.74) is 0. The first-order valence-corrected chi connectivity index (χ1v) is 5.28. The Bertz CT molecular complexity index is 107. The molecule has 8 heavy (non-hydrogen) atoms. The molecule has 0 bridgehead atoms. The standard InChI is InChI=1S/C5H7Cl2P/c1-3-5(4-2)8(6)7/h3-4H,1H2,2H3/b5-4+. The summed E-state index contributed by atoms with van der Waals surface area (Å²) in [7, 11) is 0. The van der Waals surface area contributed by atoms with Gasteiger partial charge in [-0.15, -0.1) is 0 Å². The van der Waals surface area contributed by atoms with Crippen LogP contribution in [-0.2, 0) is 0 Å². The SMILES string of the molecule is C=C/C(=C\C)P(Cl)Cl. The van der Waals surface area contributed by atoms with E-state index in [2.05, 4.69) is 6.58 Å². The van der Waals surface area contributed by atoms with E-state index in [-0.39, 0.29) is 0 Å². The largest absolute Gasteiger partial charge is 0.116 e. The van der Waals surface area contributed by atoms with Crippen molar-refractivity contribution in [2.75, 3.05) is 0 Å². The van der Waals surface area contributed by atoms with E-state index in [1.165, 1.54) is 0 Å². The van der Waals surface area contributed by atoms with E-state index in [0.717, 1.165) is 5.31 Å². The van der Waals surface area contributed by atoms with Crippen molar-refractivity contribution in [3.05, 3.63) is 24.0 Å². The molecule has 0 rings (SSSR count). The van der Waals surface area contributed by atoms with Crippen molar-refractivity contribution in [2.45, 2.75) is 6.92 Å². The summed E-state index contributed by atoms with van der Waals surface area (Å²) in [5, 5.41) is 0.920. The molecule has 0 atom stereocenters. The Balaban J connectivity index is 3.91. The zero-order valence-electron chi connectivity index (χ0n) is 4.56. The van der Waals surface area contributed by atoms with Crippen LogP contribution in [0, 0.1) is 0 Å². The fourth-order valence-electron chi connectivity index (χ4n) is 0.284. The highest BCUT2D eigenvalue weighted by atomic mass is 35.9. The lowest BCUT2D eigenvalue weighted by atomic mass is 10.5. The summed E-state index contributed by atoms with van der Waals surface area (Å²) in [6.45, 7) is 4.44. The van der Waals surface area contributed by atoms with Crippen molar-refractivity contribution in [1.82, 2.24) is 0 Å². The summed E-state index contributed by atoms with van der Waals surface area (Å²) < 4.78 is 0. The Morgan fingerprint density at radius 1 is 1.62 bits per heavy atom. The van der Waals surface area contributed by atoms with Crippen LogP contribution in [0.3, 0.4) is 0 Å². The average molecular weight is 169 g/mol. The molecule has 0 heterocycles. The van der Waals surface area contributed by atoms with Crippen LogP contribution in [0.2, 0.25) is 0 Å². The average Bonchev–Trinajstić information content (AvgIpc) is 1.69. The molecule has 3 heteroatoms. The second kappa shape index (κ2) is 4.38. The lowest BCUT2D eigenvalue weighted by Crippen LogP contribution is -1.59. The molecule has 0 nitrogen and oxygen atoms in total. The third kappa shape index (κ3) is 2.71.